The number of imidazole rings is 1. The lowest BCUT2D eigenvalue weighted by molar-refractivity contribution is 0.0152. The molecule has 1 aliphatic rings. The predicted molar refractivity (Wildman–Crippen MR) is 75.4 cm³/mol. The summed E-state index contributed by atoms with van der Waals surface area (Å²) in [4.78, 5) is 8.88. The molecule has 2 aromatic rings. The molecule has 3 rings (SSSR count). The van der Waals surface area contributed by atoms with Gasteiger partial charge < -0.3 is 10.0 Å². The Morgan fingerprint density at radius 2 is 2.00 bits per heavy atom. The minimum atomic E-state index is -0.355. The van der Waals surface area contributed by atoms with Gasteiger partial charge in [0.2, 0.25) is 0 Å². The molecule has 102 valence electrons. The van der Waals surface area contributed by atoms with Crippen LogP contribution in [0.3, 0.4) is 0 Å². The summed E-state index contributed by atoms with van der Waals surface area (Å²) in [6, 6.07) is 4.19. The van der Waals surface area contributed by atoms with E-state index in [1.54, 1.807) is 0 Å². The van der Waals surface area contributed by atoms with E-state index < -0.39 is 0 Å². The summed E-state index contributed by atoms with van der Waals surface area (Å²) in [5.74, 6) is 1.14. The van der Waals surface area contributed by atoms with Crippen molar-refractivity contribution in [3.8, 4) is 0 Å². The van der Waals surface area contributed by atoms with Gasteiger partial charge in [0.1, 0.15) is 17.7 Å². The van der Waals surface area contributed by atoms with Crippen molar-refractivity contribution in [1.82, 2.24) is 14.3 Å². The second-order valence-electron chi connectivity index (χ2n) is 5.20. The smallest absolute Gasteiger partial charge is 0.138 e. The molecule has 1 saturated heterocycles. The normalized spacial score (nSPS) is 19.0. The molecule has 0 aromatic carbocycles. The number of piperazine rings is 1. The number of aryl methyl sites for hydroxylation is 1. The molecule has 1 N–H and O–H groups in total. The third kappa shape index (κ3) is 2.31. The molecule has 1 fully saturated rings. The van der Waals surface area contributed by atoms with E-state index in [0.29, 0.717) is 0 Å². The number of pyridine rings is 1. The highest BCUT2D eigenvalue weighted by Crippen LogP contribution is 2.19. The fourth-order valence-electron chi connectivity index (χ4n) is 2.63. The summed E-state index contributed by atoms with van der Waals surface area (Å²) >= 11 is 0. The Bertz CT molecular complexity index is 570. The number of anilines is 1. The van der Waals surface area contributed by atoms with Crippen molar-refractivity contribution in [1.29, 1.82) is 0 Å². The molecule has 3 heterocycles. The van der Waals surface area contributed by atoms with Crippen LogP contribution in [0.2, 0.25) is 0 Å². The van der Waals surface area contributed by atoms with Crippen LogP contribution in [0.1, 0.15) is 12.5 Å². The van der Waals surface area contributed by atoms with E-state index in [1.165, 1.54) is 5.56 Å². The van der Waals surface area contributed by atoms with Gasteiger partial charge in [0, 0.05) is 32.4 Å². The lowest BCUT2D eigenvalue weighted by Crippen LogP contribution is -2.49. The standard InChI is InChI=1S/C14H20N4O/c1-11-3-4-18-13(9-11)15-10-14(18)17-7-5-16(6-8-17)12(2)19/h3-4,9-10,12,19H,5-8H2,1-2H3. The summed E-state index contributed by atoms with van der Waals surface area (Å²) in [5, 5.41) is 9.59. The van der Waals surface area contributed by atoms with Crippen LogP contribution in [0.25, 0.3) is 5.65 Å². The van der Waals surface area contributed by atoms with E-state index in [9.17, 15) is 5.11 Å². The maximum Gasteiger partial charge on any atom is 0.138 e. The molecule has 1 atom stereocenters. The molecule has 0 saturated carbocycles. The van der Waals surface area contributed by atoms with Gasteiger partial charge in [0.25, 0.3) is 0 Å². The summed E-state index contributed by atoms with van der Waals surface area (Å²) in [5.41, 5.74) is 2.22. The maximum absolute atomic E-state index is 9.59. The molecule has 0 radical (unpaired) electrons. The van der Waals surface area contributed by atoms with E-state index in [4.69, 9.17) is 0 Å². The Kier molecular flexibility index (Phi) is 3.16. The number of fused-ring (bicyclic) bond motifs is 1. The Morgan fingerprint density at radius 1 is 1.26 bits per heavy atom. The van der Waals surface area contributed by atoms with E-state index in [2.05, 4.69) is 44.4 Å². The van der Waals surface area contributed by atoms with Crippen molar-refractivity contribution in [2.24, 2.45) is 0 Å². The molecule has 5 heteroatoms. The molecular formula is C14H20N4O. The Morgan fingerprint density at radius 3 is 2.68 bits per heavy atom. The summed E-state index contributed by atoms with van der Waals surface area (Å²) in [7, 11) is 0. The fraction of sp³-hybridized carbons (Fsp3) is 0.500. The molecule has 0 bridgehead atoms. The van der Waals surface area contributed by atoms with Crippen molar-refractivity contribution in [3.05, 3.63) is 30.1 Å². The summed E-state index contributed by atoms with van der Waals surface area (Å²) in [6.45, 7) is 7.52. The quantitative estimate of drug-likeness (QED) is 0.878. The first-order chi connectivity index (χ1) is 9.15. The molecule has 0 spiro atoms. The van der Waals surface area contributed by atoms with Gasteiger partial charge in [-0.1, -0.05) is 0 Å². The average molecular weight is 260 g/mol. The van der Waals surface area contributed by atoms with Gasteiger partial charge in [-0.05, 0) is 31.5 Å². The van der Waals surface area contributed by atoms with Gasteiger partial charge in [-0.2, -0.15) is 0 Å². The van der Waals surface area contributed by atoms with Crippen LogP contribution in [0.5, 0.6) is 0 Å². The van der Waals surface area contributed by atoms with Crippen LogP contribution >= 0.6 is 0 Å². The number of hydrogen-bond donors (Lipinski definition) is 1. The molecular weight excluding hydrogens is 240 g/mol. The zero-order valence-corrected chi connectivity index (χ0v) is 11.5. The Hall–Kier alpha value is -1.59. The minimum absolute atomic E-state index is 0.355. The van der Waals surface area contributed by atoms with Crippen LogP contribution in [0.15, 0.2) is 24.5 Å². The molecule has 19 heavy (non-hydrogen) atoms. The molecule has 1 aliphatic heterocycles. The minimum Gasteiger partial charge on any atom is -0.379 e. The van der Waals surface area contributed by atoms with E-state index in [-0.39, 0.29) is 6.23 Å². The van der Waals surface area contributed by atoms with Crippen molar-refractivity contribution < 1.29 is 5.11 Å². The SMILES string of the molecule is Cc1ccn2c(N3CCN(C(C)O)CC3)cnc2c1. The molecule has 1 unspecified atom stereocenters. The highest BCUT2D eigenvalue weighted by molar-refractivity contribution is 5.53. The van der Waals surface area contributed by atoms with Crippen LogP contribution in [0, 0.1) is 6.92 Å². The first-order valence-electron chi connectivity index (χ1n) is 6.76. The van der Waals surface area contributed by atoms with Crippen LogP contribution < -0.4 is 4.90 Å². The van der Waals surface area contributed by atoms with Gasteiger partial charge >= 0.3 is 0 Å². The Labute approximate surface area is 113 Å². The molecule has 2 aromatic heterocycles. The van der Waals surface area contributed by atoms with Crippen LogP contribution in [-0.4, -0.2) is 51.8 Å². The maximum atomic E-state index is 9.59. The monoisotopic (exact) mass is 260 g/mol. The molecule has 5 nitrogen and oxygen atoms in total. The van der Waals surface area contributed by atoms with Gasteiger partial charge in [-0.15, -0.1) is 0 Å². The zero-order chi connectivity index (χ0) is 13.4. The Balaban J connectivity index is 1.82. The van der Waals surface area contributed by atoms with Gasteiger partial charge in [0.15, 0.2) is 0 Å². The third-order valence-corrected chi connectivity index (χ3v) is 3.82. The molecule has 0 amide bonds. The average Bonchev–Trinajstić information content (AvgIpc) is 2.81. The highest BCUT2D eigenvalue weighted by atomic mass is 16.3. The molecule has 0 aliphatic carbocycles. The van der Waals surface area contributed by atoms with Crippen molar-refractivity contribution in [3.63, 3.8) is 0 Å². The van der Waals surface area contributed by atoms with Crippen LogP contribution in [-0.2, 0) is 0 Å². The van der Waals surface area contributed by atoms with Gasteiger partial charge in [0.05, 0.1) is 6.20 Å². The largest absolute Gasteiger partial charge is 0.379 e. The van der Waals surface area contributed by atoms with E-state index in [0.717, 1.165) is 37.6 Å². The van der Waals surface area contributed by atoms with E-state index >= 15 is 0 Å². The fourth-order valence-corrected chi connectivity index (χ4v) is 2.63. The highest BCUT2D eigenvalue weighted by Gasteiger charge is 2.21. The second-order valence-corrected chi connectivity index (χ2v) is 5.20. The van der Waals surface area contributed by atoms with Crippen molar-refractivity contribution in [2.45, 2.75) is 20.1 Å². The summed E-state index contributed by atoms with van der Waals surface area (Å²) in [6.07, 6.45) is 3.66. The number of aromatic nitrogens is 2. The van der Waals surface area contributed by atoms with E-state index in [1.807, 2.05) is 13.1 Å². The summed E-state index contributed by atoms with van der Waals surface area (Å²) < 4.78 is 2.13. The third-order valence-electron chi connectivity index (χ3n) is 3.82. The van der Waals surface area contributed by atoms with Crippen molar-refractivity contribution in [2.75, 3.05) is 31.1 Å². The predicted octanol–water partition coefficient (Wildman–Crippen LogP) is 1.10. The topological polar surface area (TPSA) is 44.0 Å². The number of nitrogens with zero attached hydrogens (tertiary/aromatic N) is 4. The first kappa shape index (κ1) is 12.4. The number of aliphatic hydroxyl groups excluding tert-OH is 1. The zero-order valence-electron chi connectivity index (χ0n) is 11.5. The second kappa shape index (κ2) is 4.83. The van der Waals surface area contributed by atoms with Crippen LogP contribution in [0.4, 0.5) is 5.82 Å². The van der Waals surface area contributed by atoms with Crippen molar-refractivity contribution >= 4 is 11.5 Å². The lowest BCUT2D eigenvalue weighted by Gasteiger charge is -2.36. The lowest BCUT2D eigenvalue weighted by atomic mass is 10.3. The van der Waals surface area contributed by atoms with Gasteiger partial charge in [-0.25, -0.2) is 4.98 Å². The number of hydrogen-bond acceptors (Lipinski definition) is 4. The van der Waals surface area contributed by atoms with Gasteiger partial charge in [-0.3, -0.25) is 9.30 Å². The first-order valence-corrected chi connectivity index (χ1v) is 6.76. The number of rotatable bonds is 2. The number of aliphatic hydroxyl groups is 1.